The highest BCUT2D eigenvalue weighted by Gasteiger charge is 2.45. The summed E-state index contributed by atoms with van der Waals surface area (Å²) in [6.07, 6.45) is 1.02. The second-order valence-electron chi connectivity index (χ2n) is 11.8. The standard InChI is InChI=1S/C34H33Cl2N3O2/c1-19-11-20(2)26(13-22(19)18-41-30-10-9-24(36)12-21(30)3)31-27(17-37)33(38)39(25-8-6-7-23(35)14-25)28-15-34(4,5)16-29(40)32(28)31/h6-14,31H,15-16,18,38H2,1-5H3. The minimum atomic E-state index is -0.578. The summed E-state index contributed by atoms with van der Waals surface area (Å²) in [5.74, 6) is 0.523. The highest BCUT2D eigenvalue weighted by atomic mass is 35.5. The molecule has 1 unspecified atom stereocenters. The Kier molecular flexibility index (Phi) is 7.68. The molecule has 2 N–H and O–H groups in total. The van der Waals surface area contributed by atoms with E-state index in [0.29, 0.717) is 46.5 Å². The number of hydrogen-bond donors (Lipinski definition) is 1. The first-order chi connectivity index (χ1) is 19.4. The van der Waals surface area contributed by atoms with Crippen LogP contribution in [0, 0.1) is 37.5 Å². The predicted octanol–water partition coefficient (Wildman–Crippen LogP) is 8.44. The van der Waals surface area contributed by atoms with E-state index in [1.54, 1.807) is 6.07 Å². The van der Waals surface area contributed by atoms with Gasteiger partial charge in [-0.2, -0.15) is 5.26 Å². The Hall–Kier alpha value is -3.72. The first-order valence-electron chi connectivity index (χ1n) is 13.6. The van der Waals surface area contributed by atoms with E-state index in [1.165, 1.54) is 0 Å². The van der Waals surface area contributed by atoms with Gasteiger partial charge < -0.3 is 10.5 Å². The third-order valence-corrected chi connectivity index (χ3v) is 8.47. The Labute approximate surface area is 251 Å². The van der Waals surface area contributed by atoms with Crippen LogP contribution < -0.4 is 15.4 Å². The van der Waals surface area contributed by atoms with Crippen LogP contribution in [0.3, 0.4) is 0 Å². The van der Waals surface area contributed by atoms with Gasteiger partial charge in [-0.25, -0.2) is 0 Å². The first-order valence-corrected chi connectivity index (χ1v) is 14.4. The summed E-state index contributed by atoms with van der Waals surface area (Å²) in [6.45, 7) is 10.5. The lowest BCUT2D eigenvalue weighted by Crippen LogP contribution is -2.42. The van der Waals surface area contributed by atoms with Crippen molar-refractivity contribution in [3.05, 3.63) is 115 Å². The highest BCUT2D eigenvalue weighted by molar-refractivity contribution is 6.31. The van der Waals surface area contributed by atoms with Crippen molar-refractivity contribution in [1.82, 2.24) is 0 Å². The van der Waals surface area contributed by atoms with Crippen molar-refractivity contribution in [2.24, 2.45) is 11.1 Å². The normalized spacial score (nSPS) is 18.3. The molecule has 1 aliphatic carbocycles. The molecule has 0 spiro atoms. The lowest BCUT2D eigenvalue weighted by atomic mass is 9.68. The Bertz CT molecular complexity index is 1680. The number of nitriles is 1. The molecule has 3 aromatic carbocycles. The molecule has 41 heavy (non-hydrogen) atoms. The van der Waals surface area contributed by atoms with Crippen LogP contribution >= 0.6 is 23.2 Å². The molecule has 210 valence electrons. The number of anilines is 1. The largest absolute Gasteiger partial charge is 0.489 e. The van der Waals surface area contributed by atoms with Gasteiger partial charge in [-0.1, -0.05) is 55.2 Å². The first kappa shape index (κ1) is 28.8. The number of hydrogen-bond acceptors (Lipinski definition) is 5. The molecule has 1 aliphatic heterocycles. The zero-order valence-corrected chi connectivity index (χ0v) is 25.5. The monoisotopic (exact) mass is 585 g/mol. The van der Waals surface area contributed by atoms with Gasteiger partial charge in [-0.05, 0) is 96.8 Å². The van der Waals surface area contributed by atoms with Gasteiger partial charge in [0.15, 0.2) is 5.78 Å². The van der Waals surface area contributed by atoms with Gasteiger partial charge in [0.05, 0.1) is 17.6 Å². The van der Waals surface area contributed by atoms with E-state index >= 15 is 0 Å². The van der Waals surface area contributed by atoms with E-state index < -0.39 is 5.92 Å². The van der Waals surface area contributed by atoms with E-state index in [4.69, 9.17) is 33.7 Å². The lowest BCUT2D eigenvalue weighted by molar-refractivity contribution is -0.118. The second kappa shape index (κ2) is 10.9. The second-order valence-corrected chi connectivity index (χ2v) is 12.7. The number of allylic oxidation sites excluding steroid dienone is 3. The number of ketones is 1. The average Bonchev–Trinajstić information content (AvgIpc) is 2.88. The summed E-state index contributed by atoms with van der Waals surface area (Å²) in [4.78, 5) is 15.8. The van der Waals surface area contributed by atoms with Gasteiger partial charge in [-0.15, -0.1) is 0 Å². The van der Waals surface area contributed by atoms with Crippen LogP contribution in [-0.4, -0.2) is 5.78 Å². The van der Waals surface area contributed by atoms with Gasteiger partial charge >= 0.3 is 0 Å². The lowest BCUT2D eigenvalue weighted by Gasteiger charge is -2.44. The molecule has 0 saturated heterocycles. The minimum absolute atomic E-state index is 0.0306. The van der Waals surface area contributed by atoms with Crippen LogP contribution in [0.2, 0.25) is 10.0 Å². The van der Waals surface area contributed by atoms with Crippen LogP contribution in [0.4, 0.5) is 5.69 Å². The smallest absolute Gasteiger partial charge is 0.162 e. The summed E-state index contributed by atoms with van der Waals surface area (Å²) >= 11 is 12.5. The summed E-state index contributed by atoms with van der Waals surface area (Å²) in [6, 6.07) is 19.4. The molecular weight excluding hydrogens is 553 g/mol. The maximum atomic E-state index is 14.0. The molecule has 3 aromatic rings. The number of rotatable bonds is 5. The van der Waals surface area contributed by atoms with Crippen molar-refractivity contribution in [3.63, 3.8) is 0 Å². The summed E-state index contributed by atoms with van der Waals surface area (Å²) < 4.78 is 6.20. The predicted molar refractivity (Wildman–Crippen MR) is 165 cm³/mol. The van der Waals surface area contributed by atoms with Crippen LogP contribution in [-0.2, 0) is 11.4 Å². The van der Waals surface area contributed by atoms with E-state index in [2.05, 4.69) is 32.0 Å². The molecule has 5 rings (SSSR count). The molecule has 0 bridgehead atoms. The van der Waals surface area contributed by atoms with Crippen molar-refractivity contribution < 1.29 is 9.53 Å². The van der Waals surface area contributed by atoms with E-state index in [1.807, 2.05) is 62.1 Å². The number of carbonyl (C=O) groups is 1. The van der Waals surface area contributed by atoms with E-state index in [0.717, 1.165) is 45.0 Å². The molecular formula is C34H33Cl2N3O2. The molecule has 5 nitrogen and oxygen atoms in total. The fourth-order valence-electron chi connectivity index (χ4n) is 6.04. The van der Waals surface area contributed by atoms with E-state index in [9.17, 15) is 10.1 Å². The molecule has 2 aliphatic rings. The topological polar surface area (TPSA) is 79.4 Å². The van der Waals surface area contributed by atoms with Crippen molar-refractivity contribution >= 4 is 34.7 Å². The molecule has 0 amide bonds. The molecule has 7 heteroatoms. The Balaban J connectivity index is 1.66. The maximum Gasteiger partial charge on any atom is 0.162 e. The molecule has 0 saturated carbocycles. The third kappa shape index (κ3) is 5.47. The number of ether oxygens (including phenoxy) is 1. The molecule has 1 atom stereocenters. The van der Waals surface area contributed by atoms with E-state index in [-0.39, 0.29) is 11.2 Å². The number of carbonyl (C=O) groups excluding carboxylic acids is 1. The average molecular weight is 587 g/mol. The van der Waals surface area contributed by atoms with Gasteiger partial charge in [0.2, 0.25) is 0 Å². The zero-order chi connectivity index (χ0) is 29.6. The molecule has 0 fully saturated rings. The van der Waals surface area contributed by atoms with Gasteiger partial charge in [-0.3, -0.25) is 9.69 Å². The Morgan fingerprint density at radius 1 is 1.00 bits per heavy atom. The number of Topliss-reactive ketones (excluding diaryl/α,β-unsaturated/α-hetero) is 1. The van der Waals surface area contributed by atoms with Crippen molar-refractivity contribution in [1.29, 1.82) is 5.26 Å². The number of nitrogens with zero attached hydrogens (tertiary/aromatic N) is 2. The zero-order valence-electron chi connectivity index (χ0n) is 23.9. The summed E-state index contributed by atoms with van der Waals surface area (Å²) in [5.41, 5.74) is 13.9. The molecule has 1 heterocycles. The van der Waals surface area contributed by atoms with Crippen molar-refractivity contribution in [2.45, 2.75) is 60.0 Å². The number of nitrogens with two attached hydrogens (primary N) is 1. The van der Waals surface area contributed by atoms with Crippen molar-refractivity contribution in [2.75, 3.05) is 4.90 Å². The summed E-state index contributed by atoms with van der Waals surface area (Å²) in [7, 11) is 0. The fourth-order valence-corrected chi connectivity index (χ4v) is 6.45. The van der Waals surface area contributed by atoms with Crippen LogP contribution in [0.5, 0.6) is 5.75 Å². The maximum absolute atomic E-state index is 14.0. The van der Waals surface area contributed by atoms with Crippen LogP contribution in [0.15, 0.2) is 77.3 Å². The number of halogens is 2. The van der Waals surface area contributed by atoms with Gasteiger partial charge in [0, 0.05) is 33.4 Å². The quantitative estimate of drug-likeness (QED) is 0.325. The molecule has 0 radical (unpaired) electrons. The Morgan fingerprint density at radius 2 is 1.73 bits per heavy atom. The molecule has 0 aromatic heterocycles. The fraction of sp³-hybridized carbons (Fsp3) is 0.294. The highest BCUT2D eigenvalue weighted by Crippen LogP contribution is 2.51. The third-order valence-electron chi connectivity index (χ3n) is 8.00. The Morgan fingerprint density at radius 3 is 2.41 bits per heavy atom. The van der Waals surface area contributed by atoms with Gasteiger partial charge in [0.1, 0.15) is 18.2 Å². The minimum Gasteiger partial charge on any atom is -0.489 e. The number of aryl methyl sites for hydroxylation is 3. The van der Waals surface area contributed by atoms with Crippen LogP contribution in [0.1, 0.15) is 60.4 Å². The van der Waals surface area contributed by atoms with Crippen LogP contribution in [0.25, 0.3) is 0 Å². The SMILES string of the molecule is Cc1cc(C)c(C2C(C#N)=C(N)N(c3cccc(Cl)c3)C3=C2C(=O)CC(C)(C)C3)cc1COc1ccc(Cl)cc1C. The number of benzene rings is 3. The van der Waals surface area contributed by atoms with Gasteiger partial charge in [0.25, 0.3) is 0 Å². The summed E-state index contributed by atoms with van der Waals surface area (Å²) in [5, 5.41) is 11.7. The van der Waals surface area contributed by atoms with Crippen molar-refractivity contribution in [3.8, 4) is 11.8 Å².